The molecule has 0 saturated carbocycles. The third-order valence-corrected chi connectivity index (χ3v) is 3.99. The van der Waals surface area contributed by atoms with E-state index >= 15 is 0 Å². The molecule has 0 aliphatic carbocycles. The molecule has 3 rings (SSSR count). The quantitative estimate of drug-likeness (QED) is 0.860. The maximum Gasteiger partial charge on any atom is 0.0943 e. The van der Waals surface area contributed by atoms with Crippen LogP contribution in [0, 0.1) is 6.92 Å². The minimum absolute atomic E-state index is 0.295. The topological polar surface area (TPSA) is 75.3 Å². The summed E-state index contributed by atoms with van der Waals surface area (Å²) in [6.45, 7) is 3.78. The van der Waals surface area contributed by atoms with E-state index in [-0.39, 0.29) is 0 Å². The predicted octanol–water partition coefficient (Wildman–Crippen LogP) is 1.23. The van der Waals surface area contributed by atoms with Crippen LogP contribution in [0.15, 0.2) is 24.5 Å². The Morgan fingerprint density at radius 1 is 1.50 bits per heavy atom. The largest absolute Gasteiger partial charge is 0.387 e. The number of hydrogen-bond acceptors (Lipinski definition) is 5. The van der Waals surface area contributed by atoms with Crippen LogP contribution in [0.2, 0.25) is 0 Å². The Hall–Kier alpha value is -1.72. The fraction of sp³-hybridized carbons (Fsp3) is 0.467. The van der Waals surface area contributed by atoms with Gasteiger partial charge in [-0.3, -0.25) is 9.97 Å². The first-order chi connectivity index (χ1) is 9.61. The summed E-state index contributed by atoms with van der Waals surface area (Å²) in [5.41, 5.74) is 7.94. The van der Waals surface area contributed by atoms with Crippen LogP contribution in [-0.4, -0.2) is 40.3 Å². The summed E-state index contributed by atoms with van der Waals surface area (Å²) in [4.78, 5) is 10.9. The third kappa shape index (κ3) is 2.34. The third-order valence-electron chi connectivity index (χ3n) is 3.99. The van der Waals surface area contributed by atoms with Crippen molar-refractivity contribution in [1.29, 1.82) is 0 Å². The molecule has 106 valence electrons. The summed E-state index contributed by atoms with van der Waals surface area (Å²) < 4.78 is 0. The molecule has 5 heteroatoms. The molecule has 3 N–H and O–H groups in total. The van der Waals surface area contributed by atoms with Crippen molar-refractivity contribution in [1.82, 2.24) is 9.97 Å². The standard InChI is InChI=1S/C15H20N4O/c1-11-7-14(12-8-17-5-3-13(12)18-11)19-6-2-4-15(20,9-16)10-19/h3,5,7-8,20H,2,4,6,9-10,16H2,1H3. The number of β-amino-alcohol motifs (C(OH)–C–C–N with tert-alkyl or cyclic N) is 1. The lowest BCUT2D eigenvalue weighted by molar-refractivity contribution is 0.0348. The van der Waals surface area contributed by atoms with Gasteiger partial charge in [-0.05, 0) is 31.9 Å². The number of anilines is 1. The number of hydrogen-bond donors (Lipinski definition) is 2. The molecule has 20 heavy (non-hydrogen) atoms. The van der Waals surface area contributed by atoms with E-state index in [9.17, 15) is 5.11 Å². The Labute approximate surface area is 118 Å². The fourth-order valence-corrected chi connectivity index (χ4v) is 2.93. The minimum Gasteiger partial charge on any atom is -0.387 e. The maximum atomic E-state index is 10.5. The summed E-state index contributed by atoms with van der Waals surface area (Å²) in [6.07, 6.45) is 5.30. The maximum absolute atomic E-state index is 10.5. The van der Waals surface area contributed by atoms with E-state index in [1.807, 2.05) is 19.2 Å². The van der Waals surface area contributed by atoms with Gasteiger partial charge in [0.05, 0.1) is 11.1 Å². The number of aryl methyl sites for hydroxylation is 1. The van der Waals surface area contributed by atoms with Crippen molar-refractivity contribution >= 4 is 16.6 Å². The fourth-order valence-electron chi connectivity index (χ4n) is 2.93. The second-order valence-corrected chi connectivity index (χ2v) is 5.63. The van der Waals surface area contributed by atoms with Gasteiger partial charge >= 0.3 is 0 Å². The minimum atomic E-state index is -0.788. The van der Waals surface area contributed by atoms with Crippen LogP contribution in [0.4, 0.5) is 5.69 Å². The average Bonchev–Trinajstić information content (AvgIpc) is 2.46. The first-order valence-electron chi connectivity index (χ1n) is 7.00. The lowest BCUT2D eigenvalue weighted by Gasteiger charge is -2.40. The average molecular weight is 272 g/mol. The van der Waals surface area contributed by atoms with E-state index in [1.165, 1.54) is 0 Å². The summed E-state index contributed by atoms with van der Waals surface area (Å²) >= 11 is 0. The van der Waals surface area contributed by atoms with Crippen molar-refractivity contribution < 1.29 is 5.11 Å². The number of pyridine rings is 2. The molecule has 1 aliphatic heterocycles. The van der Waals surface area contributed by atoms with Gasteiger partial charge in [0.25, 0.3) is 0 Å². The van der Waals surface area contributed by atoms with E-state index in [0.29, 0.717) is 13.1 Å². The molecule has 5 nitrogen and oxygen atoms in total. The second-order valence-electron chi connectivity index (χ2n) is 5.63. The van der Waals surface area contributed by atoms with Crippen LogP contribution in [-0.2, 0) is 0 Å². The van der Waals surface area contributed by atoms with E-state index in [4.69, 9.17) is 5.73 Å². The van der Waals surface area contributed by atoms with Crippen LogP contribution in [0.5, 0.6) is 0 Å². The molecule has 1 fully saturated rings. The molecule has 0 amide bonds. The molecule has 3 heterocycles. The molecule has 2 aromatic rings. The number of piperidine rings is 1. The molecule has 0 bridgehead atoms. The van der Waals surface area contributed by atoms with Crippen molar-refractivity contribution in [3.8, 4) is 0 Å². The zero-order valence-electron chi connectivity index (χ0n) is 11.7. The van der Waals surface area contributed by atoms with Gasteiger partial charge < -0.3 is 15.7 Å². The molecule has 0 aromatic carbocycles. The second kappa shape index (κ2) is 5.00. The zero-order chi connectivity index (χ0) is 14.2. The highest BCUT2D eigenvalue weighted by Gasteiger charge is 2.32. The Morgan fingerprint density at radius 2 is 2.35 bits per heavy atom. The highest BCUT2D eigenvalue weighted by molar-refractivity contribution is 5.91. The van der Waals surface area contributed by atoms with Gasteiger partial charge in [-0.1, -0.05) is 0 Å². The number of nitrogens with two attached hydrogens (primary N) is 1. The molecule has 1 saturated heterocycles. The Balaban J connectivity index is 2.05. The lowest BCUT2D eigenvalue weighted by Crippen LogP contribution is -2.52. The first kappa shape index (κ1) is 13.3. The van der Waals surface area contributed by atoms with Crippen molar-refractivity contribution in [2.24, 2.45) is 5.73 Å². The highest BCUT2D eigenvalue weighted by atomic mass is 16.3. The smallest absolute Gasteiger partial charge is 0.0943 e. The Bertz CT molecular complexity index is 630. The molecule has 1 atom stereocenters. The molecular weight excluding hydrogens is 252 g/mol. The Morgan fingerprint density at radius 3 is 3.15 bits per heavy atom. The summed E-state index contributed by atoms with van der Waals surface area (Å²) in [5.74, 6) is 0. The van der Waals surface area contributed by atoms with Gasteiger partial charge in [-0.15, -0.1) is 0 Å². The predicted molar refractivity (Wildman–Crippen MR) is 79.7 cm³/mol. The normalized spacial score (nSPS) is 23.2. The lowest BCUT2D eigenvalue weighted by atomic mass is 9.92. The van der Waals surface area contributed by atoms with Gasteiger partial charge in [0.15, 0.2) is 0 Å². The number of aromatic nitrogens is 2. The number of nitrogens with zero attached hydrogens (tertiary/aromatic N) is 3. The van der Waals surface area contributed by atoms with Crippen LogP contribution in [0.1, 0.15) is 18.5 Å². The monoisotopic (exact) mass is 272 g/mol. The van der Waals surface area contributed by atoms with E-state index in [0.717, 1.165) is 41.7 Å². The number of rotatable bonds is 2. The molecular formula is C15H20N4O. The van der Waals surface area contributed by atoms with Gasteiger partial charge in [-0.25, -0.2) is 0 Å². The summed E-state index contributed by atoms with van der Waals surface area (Å²) in [5, 5.41) is 11.5. The first-order valence-corrected chi connectivity index (χ1v) is 7.00. The van der Waals surface area contributed by atoms with Crippen molar-refractivity contribution in [3.05, 3.63) is 30.2 Å². The van der Waals surface area contributed by atoms with E-state index < -0.39 is 5.60 Å². The van der Waals surface area contributed by atoms with Crippen LogP contribution < -0.4 is 10.6 Å². The molecule has 2 aromatic heterocycles. The van der Waals surface area contributed by atoms with Crippen LogP contribution >= 0.6 is 0 Å². The van der Waals surface area contributed by atoms with E-state index in [1.54, 1.807) is 6.20 Å². The highest BCUT2D eigenvalue weighted by Crippen LogP contribution is 2.30. The van der Waals surface area contributed by atoms with Gasteiger partial charge in [0.2, 0.25) is 0 Å². The zero-order valence-corrected chi connectivity index (χ0v) is 11.7. The molecule has 1 unspecified atom stereocenters. The van der Waals surface area contributed by atoms with Crippen LogP contribution in [0.3, 0.4) is 0 Å². The van der Waals surface area contributed by atoms with Gasteiger partial charge in [-0.2, -0.15) is 0 Å². The number of aliphatic hydroxyl groups is 1. The van der Waals surface area contributed by atoms with E-state index in [2.05, 4.69) is 20.9 Å². The number of fused-ring (bicyclic) bond motifs is 1. The summed E-state index contributed by atoms with van der Waals surface area (Å²) in [6, 6.07) is 3.98. The van der Waals surface area contributed by atoms with Gasteiger partial charge in [0, 0.05) is 48.8 Å². The van der Waals surface area contributed by atoms with Crippen LogP contribution in [0.25, 0.3) is 10.9 Å². The van der Waals surface area contributed by atoms with Crippen molar-refractivity contribution in [3.63, 3.8) is 0 Å². The Kier molecular flexibility index (Phi) is 3.31. The van der Waals surface area contributed by atoms with Crippen molar-refractivity contribution in [2.75, 3.05) is 24.5 Å². The van der Waals surface area contributed by atoms with Crippen molar-refractivity contribution in [2.45, 2.75) is 25.4 Å². The molecule has 0 spiro atoms. The SMILES string of the molecule is Cc1cc(N2CCCC(O)(CN)C2)c2cnccc2n1. The molecule has 0 radical (unpaired) electrons. The van der Waals surface area contributed by atoms with Gasteiger partial charge in [0.1, 0.15) is 0 Å². The summed E-state index contributed by atoms with van der Waals surface area (Å²) in [7, 11) is 0. The molecule has 1 aliphatic rings.